The molecule has 0 unspecified atom stereocenters. The molecule has 5 heteroatoms. The highest BCUT2D eigenvalue weighted by atomic mass is 79.9. The van der Waals surface area contributed by atoms with Crippen molar-refractivity contribution in [3.8, 4) is 0 Å². The molecule has 3 nitrogen and oxygen atoms in total. The van der Waals surface area contributed by atoms with E-state index in [2.05, 4.69) is 15.9 Å². The molecule has 2 aromatic rings. The molecule has 0 fully saturated rings. The molecular weight excluding hydrogens is 338 g/mol. The Morgan fingerprint density at radius 2 is 1.85 bits per heavy atom. The second-order valence-electron chi connectivity index (χ2n) is 4.84. The summed E-state index contributed by atoms with van der Waals surface area (Å²) in [5, 5.41) is 0. The third-order valence-electron chi connectivity index (χ3n) is 3.15. The van der Waals surface area contributed by atoms with E-state index in [1.807, 2.05) is 26.0 Å². The third-order valence-corrected chi connectivity index (χ3v) is 5.69. The highest BCUT2D eigenvalue weighted by Crippen LogP contribution is 2.28. The van der Waals surface area contributed by atoms with Crippen LogP contribution in [0.1, 0.15) is 16.7 Å². The SMILES string of the molecule is Cc1ccc(S(=O)(=O)Cc2c(N)cccc2Br)c(C)c1. The van der Waals surface area contributed by atoms with Crippen molar-refractivity contribution in [3.63, 3.8) is 0 Å². The van der Waals surface area contributed by atoms with Gasteiger partial charge < -0.3 is 5.73 Å². The molecule has 106 valence electrons. The average molecular weight is 354 g/mol. The van der Waals surface area contributed by atoms with Gasteiger partial charge in [0.05, 0.1) is 10.6 Å². The van der Waals surface area contributed by atoms with E-state index >= 15 is 0 Å². The number of benzene rings is 2. The summed E-state index contributed by atoms with van der Waals surface area (Å²) in [7, 11) is -3.42. The number of hydrogen-bond donors (Lipinski definition) is 1. The Balaban J connectivity index is 2.46. The van der Waals surface area contributed by atoms with E-state index < -0.39 is 9.84 Å². The summed E-state index contributed by atoms with van der Waals surface area (Å²) in [4.78, 5) is 0.359. The number of hydrogen-bond acceptors (Lipinski definition) is 3. The van der Waals surface area contributed by atoms with Gasteiger partial charge in [-0.1, -0.05) is 39.7 Å². The molecule has 2 aromatic carbocycles. The Morgan fingerprint density at radius 3 is 2.45 bits per heavy atom. The molecule has 0 amide bonds. The van der Waals surface area contributed by atoms with Gasteiger partial charge >= 0.3 is 0 Å². The maximum absolute atomic E-state index is 12.6. The minimum Gasteiger partial charge on any atom is -0.398 e. The first-order chi connectivity index (χ1) is 9.31. The first-order valence-electron chi connectivity index (χ1n) is 6.14. The van der Waals surface area contributed by atoms with Crippen molar-refractivity contribution >= 4 is 31.5 Å². The molecule has 0 spiro atoms. The van der Waals surface area contributed by atoms with Crippen LogP contribution < -0.4 is 5.73 Å². The van der Waals surface area contributed by atoms with Gasteiger partial charge in [0.1, 0.15) is 0 Å². The molecule has 0 heterocycles. The molecule has 0 atom stereocenters. The Morgan fingerprint density at radius 1 is 1.15 bits per heavy atom. The van der Waals surface area contributed by atoms with Gasteiger partial charge in [0, 0.05) is 15.7 Å². The minimum absolute atomic E-state index is 0.107. The summed E-state index contributed by atoms with van der Waals surface area (Å²) in [6.07, 6.45) is 0. The van der Waals surface area contributed by atoms with Crippen molar-refractivity contribution in [2.75, 3.05) is 5.73 Å². The van der Waals surface area contributed by atoms with Gasteiger partial charge in [-0.15, -0.1) is 0 Å². The number of nitrogen functional groups attached to an aromatic ring is 1. The zero-order chi connectivity index (χ0) is 14.9. The summed E-state index contributed by atoms with van der Waals surface area (Å²) in [6.45, 7) is 3.75. The quantitative estimate of drug-likeness (QED) is 0.857. The zero-order valence-corrected chi connectivity index (χ0v) is 13.8. The molecule has 0 aliphatic heterocycles. The fraction of sp³-hybridized carbons (Fsp3) is 0.200. The number of halogens is 1. The van der Waals surface area contributed by atoms with Gasteiger partial charge in [0.15, 0.2) is 9.84 Å². The molecule has 0 aliphatic rings. The second kappa shape index (κ2) is 5.58. The van der Waals surface area contributed by atoms with Crippen LogP contribution in [0.5, 0.6) is 0 Å². The first-order valence-corrected chi connectivity index (χ1v) is 8.58. The van der Waals surface area contributed by atoms with E-state index in [0.29, 0.717) is 20.6 Å². The van der Waals surface area contributed by atoms with E-state index in [0.717, 1.165) is 11.1 Å². The number of anilines is 1. The molecule has 0 aliphatic carbocycles. The lowest BCUT2D eigenvalue weighted by molar-refractivity contribution is 0.594. The molecule has 2 rings (SSSR count). The Labute approximate surface area is 127 Å². The van der Waals surface area contributed by atoms with Crippen molar-refractivity contribution in [1.82, 2.24) is 0 Å². The van der Waals surface area contributed by atoms with Crippen LogP contribution in [0.4, 0.5) is 5.69 Å². The van der Waals surface area contributed by atoms with Crippen LogP contribution in [0.3, 0.4) is 0 Å². The fourth-order valence-electron chi connectivity index (χ4n) is 2.14. The van der Waals surface area contributed by atoms with Gasteiger partial charge in [0.2, 0.25) is 0 Å². The summed E-state index contributed by atoms with van der Waals surface area (Å²) < 4.78 is 25.8. The summed E-state index contributed by atoms with van der Waals surface area (Å²) in [6, 6.07) is 10.6. The monoisotopic (exact) mass is 353 g/mol. The average Bonchev–Trinajstić information content (AvgIpc) is 2.33. The second-order valence-corrected chi connectivity index (χ2v) is 7.65. The summed E-state index contributed by atoms with van der Waals surface area (Å²) in [5.41, 5.74) is 8.76. The van der Waals surface area contributed by atoms with Crippen molar-refractivity contribution in [2.24, 2.45) is 0 Å². The predicted octanol–water partition coefficient (Wildman–Crippen LogP) is 3.62. The lowest BCUT2D eigenvalue weighted by Gasteiger charge is -2.11. The van der Waals surface area contributed by atoms with Gasteiger partial charge in [-0.25, -0.2) is 8.42 Å². The molecule has 0 aromatic heterocycles. The third kappa shape index (κ3) is 3.04. The van der Waals surface area contributed by atoms with Crippen LogP contribution in [0, 0.1) is 13.8 Å². The van der Waals surface area contributed by atoms with E-state index in [9.17, 15) is 8.42 Å². The smallest absolute Gasteiger partial charge is 0.182 e. The number of sulfone groups is 1. The Bertz CT molecular complexity index is 734. The largest absolute Gasteiger partial charge is 0.398 e. The van der Waals surface area contributed by atoms with Crippen LogP contribution >= 0.6 is 15.9 Å². The molecule has 20 heavy (non-hydrogen) atoms. The van der Waals surface area contributed by atoms with Gasteiger partial charge in [0.25, 0.3) is 0 Å². The first kappa shape index (κ1) is 15.1. The number of nitrogens with two attached hydrogens (primary N) is 1. The van der Waals surface area contributed by atoms with Gasteiger partial charge in [-0.3, -0.25) is 0 Å². The minimum atomic E-state index is -3.42. The maximum atomic E-state index is 12.6. The van der Waals surface area contributed by atoms with Crippen molar-refractivity contribution < 1.29 is 8.42 Å². The van der Waals surface area contributed by atoms with Crippen molar-refractivity contribution in [3.05, 3.63) is 57.6 Å². The lowest BCUT2D eigenvalue weighted by atomic mass is 10.2. The van der Waals surface area contributed by atoms with Crippen LogP contribution in [-0.4, -0.2) is 8.42 Å². The lowest BCUT2D eigenvalue weighted by Crippen LogP contribution is -2.09. The molecular formula is C15H16BrNO2S. The maximum Gasteiger partial charge on any atom is 0.182 e. The van der Waals surface area contributed by atoms with Crippen molar-refractivity contribution in [2.45, 2.75) is 24.5 Å². The van der Waals surface area contributed by atoms with Crippen molar-refractivity contribution in [1.29, 1.82) is 0 Å². The summed E-state index contributed by atoms with van der Waals surface area (Å²) in [5.74, 6) is -0.107. The van der Waals surface area contributed by atoms with E-state index in [4.69, 9.17) is 5.73 Å². The molecule has 0 saturated heterocycles. The van der Waals surface area contributed by atoms with Crippen LogP contribution in [-0.2, 0) is 15.6 Å². The topological polar surface area (TPSA) is 60.2 Å². The van der Waals surface area contributed by atoms with Crippen LogP contribution in [0.2, 0.25) is 0 Å². The highest BCUT2D eigenvalue weighted by molar-refractivity contribution is 9.10. The summed E-state index contributed by atoms with van der Waals surface area (Å²) >= 11 is 3.36. The normalized spacial score (nSPS) is 11.6. The molecule has 0 saturated carbocycles. The predicted molar refractivity (Wildman–Crippen MR) is 85.4 cm³/mol. The fourth-order valence-corrected chi connectivity index (χ4v) is 4.53. The van der Waals surface area contributed by atoms with Gasteiger partial charge in [-0.2, -0.15) is 0 Å². The molecule has 2 N–H and O–H groups in total. The molecule has 0 radical (unpaired) electrons. The van der Waals surface area contributed by atoms with E-state index in [1.54, 1.807) is 24.3 Å². The standard InChI is InChI=1S/C15H16BrNO2S/c1-10-6-7-15(11(2)8-10)20(18,19)9-12-13(16)4-3-5-14(12)17/h3-8H,9,17H2,1-2H3. The highest BCUT2D eigenvalue weighted by Gasteiger charge is 2.20. The van der Waals surface area contributed by atoms with Gasteiger partial charge in [-0.05, 0) is 37.6 Å². The molecule has 0 bridgehead atoms. The number of aryl methyl sites for hydroxylation is 2. The zero-order valence-electron chi connectivity index (χ0n) is 11.4. The Kier molecular flexibility index (Phi) is 4.20. The van der Waals surface area contributed by atoms with Crippen LogP contribution in [0.15, 0.2) is 45.8 Å². The number of rotatable bonds is 3. The van der Waals surface area contributed by atoms with E-state index in [1.165, 1.54) is 0 Å². The van der Waals surface area contributed by atoms with Crippen LogP contribution in [0.25, 0.3) is 0 Å². The Hall–Kier alpha value is -1.33. The van der Waals surface area contributed by atoms with E-state index in [-0.39, 0.29) is 5.75 Å².